The fraction of sp³-hybridized carbons (Fsp3) is 0.462. The molecule has 1 N–H and O–H groups in total. The van der Waals surface area contributed by atoms with Crippen LogP contribution in [0, 0.1) is 6.92 Å². The Bertz CT molecular complexity index is 466. The highest BCUT2D eigenvalue weighted by Crippen LogP contribution is 2.07. The van der Waals surface area contributed by atoms with Gasteiger partial charge in [-0.3, -0.25) is 10.3 Å². The van der Waals surface area contributed by atoms with Crippen LogP contribution in [0.2, 0.25) is 0 Å². The highest BCUT2D eigenvalue weighted by atomic mass is 16.6. The first kappa shape index (κ1) is 14.9. The number of pyridine rings is 1. The van der Waals surface area contributed by atoms with E-state index in [9.17, 15) is 9.59 Å². The van der Waals surface area contributed by atoms with Crippen molar-refractivity contribution in [1.82, 2.24) is 10.3 Å². The monoisotopic (exact) mass is 266 g/mol. The third-order valence-electron chi connectivity index (χ3n) is 2.05. The summed E-state index contributed by atoms with van der Waals surface area (Å²) >= 11 is 0. The molecule has 0 aliphatic carbocycles. The molecule has 0 aromatic carbocycles. The van der Waals surface area contributed by atoms with Crippen molar-refractivity contribution in [2.75, 3.05) is 6.73 Å². The Morgan fingerprint density at radius 1 is 1.37 bits per heavy atom. The largest absolute Gasteiger partial charge is 0.444 e. The van der Waals surface area contributed by atoms with E-state index in [1.807, 2.05) is 0 Å². The second-order valence-corrected chi connectivity index (χ2v) is 4.89. The average molecular weight is 266 g/mol. The molecular formula is C13H18N2O4. The number of esters is 1. The number of nitrogens with one attached hydrogen (secondary N) is 1. The van der Waals surface area contributed by atoms with Crippen LogP contribution in [-0.2, 0) is 9.47 Å². The summed E-state index contributed by atoms with van der Waals surface area (Å²) in [5, 5.41) is 2.33. The number of alkyl carbamates (subject to hydrolysis) is 1. The predicted molar refractivity (Wildman–Crippen MR) is 68.6 cm³/mol. The van der Waals surface area contributed by atoms with Gasteiger partial charge in [-0.15, -0.1) is 0 Å². The number of carbonyl (C=O) groups excluding carboxylic acids is 2. The molecule has 0 saturated carbocycles. The Morgan fingerprint density at radius 2 is 2.05 bits per heavy atom. The van der Waals surface area contributed by atoms with E-state index in [0.717, 1.165) is 0 Å². The van der Waals surface area contributed by atoms with Crippen molar-refractivity contribution < 1.29 is 19.1 Å². The molecular weight excluding hydrogens is 248 g/mol. The molecule has 0 radical (unpaired) electrons. The topological polar surface area (TPSA) is 77.5 Å². The maximum atomic E-state index is 11.7. The maximum Gasteiger partial charge on any atom is 0.410 e. The van der Waals surface area contributed by atoms with Gasteiger partial charge in [0.15, 0.2) is 6.73 Å². The zero-order chi connectivity index (χ0) is 14.5. The summed E-state index contributed by atoms with van der Waals surface area (Å²) in [6.45, 7) is 6.70. The Labute approximate surface area is 112 Å². The first-order chi connectivity index (χ1) is 8.79. The van der Waals surface area contributed by atoms with Crippen molar-refractivity contribution in [1.29, 1.82) is 0 Å². The summed E-state index contributed by atoms with van der Waals surface area (Å²) < 4.78 is 9.90. The fourth-order valence-electron chi connectivity index (χ4n) is 1.25. The van der Waals surface area contributed by atoms with Crippen LogP contribution in [0.1, 0.15) is 36.8 Å². The molecule has 6 heteroatoms. The predicted octanol–water partition coefficient (Wildman–Crippen LogP) is 2.03. The van der Waals surface area contributed by atoms with Gasteiger partial charge in [-0.05, 0) is 39.8 Å². The maximum absolute atomic E-state index is 11.7. The zero-order valence-corrected chi connectivity index (χ0v) is 11.5. The lowest BCUT2D eigenvalue weighted by Gasteiger charge is -2.19. The van der Waals surface area contributed by atoms with Crippen molar-refractivity contribution >= 4 is 12.1 Å². The van der Waals surface area contributed by atoms with Gasteiger partial charge in [0.25, 0.3) is 0 Å². The highest BCUT2D eigenvalue weighted by Gasteiger charge is 2.16. The zero-order valence-electron chi connectivity index (χ0n) is 11.5. The molecule has 0 atom stereocenters. The van der Waals surface area contributed by atoms with Gasteiger partial charge >= 0.3 is 12.1 Å². The van der Waals surface area contributed by atoms with E-state index in [1.54, 1.807) is 46.0 Å². The van der Waals surface area contributed by atoms with Gasteiger partial charge in [0.1, 0.15) is 5.60 Å². The summed E-state index contributed by atoms with van der Waals surface area (Å²) in [6.07, 6.45) is 0.952. The second-order valence-electron chi connectivity index (χ2n) is 4.89. The molecule has 1 heterocycles. The molecule has 6 nitrogen and oxygen atoms in total. The Hall–Kier alpha value is -2.11. The van der Waals surface area contributed by atoms with Crippen LogP contribution >= 0.6 is 0 Å². The summed E-state index contributed by atoms with van der Waals surface area (Å²) in [7, 11) is 0. The molecule has 0 saturated heterocycles. The van der Waals surface area contributed by atoms with Crippen LogP contribution in [-0.4, -0.2) is 29.4 Å². The highest BCUT2D eigenvalue weighted by molar-refractivity contribution is 5.90. The third kappa shape index (κ3) is 5.37. The van der Waals surface area contributed by atoms with Crippen molar-refractivity contribution in [2.24, 2.45) is 0 Å². The Kier molecular flexibility index (Phi) is 4.86. The van der Waals surface area contributed by atoms with E-state index in [2.05, 4.69) is 10.3 Å². The molecule has 0 aliphatic heterocycles. The van der Waals surface area contributed by atoms with Crippen LogP contribution in [0.3, 0.4) is 0 Å². The Morgan fingerprint density at radius 3 is 2.63 bits per heavy atom. The van der Waals surface area contributed by atoms with E-state index < -0.39 is 17.7 Å². The van der Waals surface area contributed by atoms with Crippen molar-refractivity contribution in [2.45, 2.75) is 33.3 Å². The van der Waals surface area contributed by atoms with Crippen molar-refractivity contribution in [3.05, 3.63) is 29.6 Å². The third-order valence-corrected chi connectivity index (χ3v) is 2.05. The first-order valence-corrected chi connectivity index (χ1v) is 5.85. The first-order valence-electron chi connectivity index (χ1n) is 5.85. The van der Waals surface area contributed by atoms with Gasteiger partial charge in [-0.1, -0.05) is 0 Å². The molecule has 0 bridgehead atoms. The standard InChI is InChI=1S/C13H18N2O4/c1-9-10(6-5-7-14-9)11(16)18-8-15-12(17)19-13(2,3)4/h5-7H,8H2,1-4H3,(H,15,17). The van der Waals surface area contributed by atoms with Crippen LogP contribution in [0.5, 0.6) is 0 Å². The van der Waals surface area contributed by atoms with E-state index in [1.165, 1.54) is 0 Å². The lowest BCUT2D eigenvalue weighted by Crippen LogP contribution is -2.34. The number of ether oxygens (including phenoxy) is 2. The van der Waals surface area contributed by atoms with Gasteiger partial charge in [-0.2, -0.15) is 0 Å². The van der Waals surface area contributed by atoms with Gasteiger partial charge < -0.3 is 9.47 Å². The molecule has 104 valence electrons. The minimum absolute atomic E-state index is 0.248. The second kappa shape index (κ2) is 6.17. The number of carbonyl (C=O) groups is 2. The van der Waals surface area contributed by atoms with E-state index in [-0.39, 0.29) is 6.73 Å². The average Bonchev–Trinajstić information content (AvgIpc) is 2.26. The van der Waals surface area contributed by atoms with Crippen LogP contribution in [0.15, 0.2) is 18.3 Å². The van der Waals surface area contributed by atoms with E-state index in [4.69, 9.17) is 9.47 Å². The number of aromatic nitrogens is 1. The summed E-state index contributed by atoms with van der Waals surface area (Å²) in [5.74, 6) is -0.540. The molecule has 0 spiro atoms. The van der Waals surface area contributed by atoms with Gasteiger partial charge in [0.2, 0.25) is 0 Å². The van der Waals surface area contributed by atoms with Gasteiger partial charge in [0, 0.05) is 6.20 Å². The van der Waals surface area contributed by atoms with Crippen molar-refractivity contribution in [3.63, 3.8) is 0 Å². The van der Waals surface area contributed by atoms with Gasteiger partial charge in [0.05, 0.1) is 11.3 Å². The lowest BCUT2D eigenvalue weighted by atomic mass is 10.2. The quantitative estimate of drug-likeness (QED) is 0.669. The number of aryl methyl sites for hydroxylation is 1. The summed E-state index contributed by atoms with van der Waals surface area (Å²) in [6, 6.07) is 3.25. The molecule has 1 aromatic rings. The number of nitrogens with zero attached hydrogens (tertiary/aromatic N) is 1. The number of hydrogen-bond acceptors (Lipinski definition) is 5. The van der Waals surface area contributed by atoms with E-state index in [0.29, 0.717) is 11.3 Å². The lowest BCUT2D eigenvalue weighted by molar-refractivity contribution is 0.0340. The summed E-state index contributed by atoms with van der Waals surface area (Å²) in [4.78, 5) is 27.0. The molecule has 0 aliphatic rings. The minimum Gasteiger partial charge on any atom is -0.444 e. The fourth-order valence-corrected chi connectivity index (χ4v) is 1.25. The van der Waals surface area contributed by atoms with Crippen LogP contribution in [0.4, 0.5) is 4.79 Å². The van der Waals surface area contributed by atoms with Crippen LogP contribution < -0.4 is 5.32 Å². The number of hydrogen-bond donors (Lipinski definition) is 1. The molecule has 1 rings (SSSR count). The number of rotatable bonds is 3. The van der Waals surface area contributed by atoms with Crippen molar-refractivity contribution in [3.8, 4) is 0 Å². The van der Waals surface area contributed by atoms with E-state index >= 15 is 0 Å². The normalized spacial score (nSPS) is 10.7. The molecule has 1 aromatic heterocycles. The smallest absolute Gasteiger partial charge is 0.410 e. The Balaban J connectivity index is 2.40. The molecule has 1 amide bonds. The molecule has 0 unspecified atom stereocenters. The van der Waals surface area contributed by atoms with Crippen LogP contribution in [0.25, 0.3) is 0 Å². The summed E-state index contributed by atoms with van der Waals surface area (Å²) in [5.41, 5.74) is 0.354. The molecule has 19 heavy (non-hydrogen) atoms. The van der Waals surface area contributed by atoms with Gasteiger partial charge in [-0.25, -0.2) is 9.59 Å². The number of amides is 1. The SMILES string of the molecule is Cc1ncccc1C(=O)OCNC(=O)OC(C)(C)C. The minimum atomic E-state index is -0.636. The molecule has 0 fully saturated rings.